The van der Waals surface area contributed by atoms with Crippen LogP contribution >= 0.6 is 11.3 Å². The van der Waals surface area contributed by atoms with E-state index in [0.717, 1.165) is 23.4 Å². The van der Waals surface area contributed by atoms with Crippen LogP contribution in [0.3, 0.4) is 0 Å². The fourth-order valence-corrected chi connectivity index (χ4v) is 3.10. The van der Waals surface area contributed by atoms with Gasteiger partial charge < -0.3 is 9.67 Å². The van der Waals surface area contributed by atoms with Crippen molar-refractivity contribution in [3.8, 4) is 10.6 Å². The number of carbonyl (C=O) groups is 1. The summed E-state index contributed by atoms with van der Waals surface area (Å²) in [5, 5.41) is 10.7. The number of aliphatic carboxylic acids is 1. The van der Waals surface area contributed by atoms with Gasteiger partial charge in [-0.05, 0) is 36.8 Å². The number of pyridine rings is 1. The summed E-state index contributed by atoms with van der Waals surface area (Å²) < 4.78 is 1.85. The molecule has 0 aromatic carbocycles. The molecule has 2 aromatic heterocycles. The molecular weight excluding hydrogens is 274 g/mol. The molecule has 104 valence electrons. The second-order valence-electron chi connectivity index (χ2n) is 5.02. The van der Waals surface area contributed by atoms with Gasteiger partial charge in [-0.25, -0.2) is 0 Å². The normalized spacial score (nSPS) is 14.4. The summed E-state index contributed by atoms with van der Waals surface area (Å²) in [7, 11) is 0. The molecule has 1 fully saturated rings. The van der Waals surface area contributed by atoms with Crippen LogP contribution in [-0.2, 0) is 11.2 Å². The first-order valence-corrected chi connectivity index (χ1v) is 7.55. The van der Waals surface area contributed by atoms with Gasteiger partial charge in [-0.15, -0.1) is 11.3 Å². The molecule has 0 bridgehead atoms. The van der Waals surface area contributed by atoms with Crippen LogP contribution < -0.4 is 5.56 Å². The van der Waals surface area contributed by atoms with E-state index in [4.69, 9.17) is 5.11 Å². The average molecular weight is 289 g/mol. The van der Waals surface area contributed by atoms with Crippen LogP contribution in [0.5, 0.6) is 0 Å². The lowest BCUT2D eigenvalue weighted by Gasteiger charge is -2.12. The summed E-state index contributed by atoms with van der Waals surface area (Å²) in [5.41, 5.74) is 1.52. The molecule has 2 aromatic rings. The Hall–Kier alpha value is -1.88. The fourth-order valence-electron chi connectivity index (χ4n) is 2.35. The molecule has 0 saturated heterocycles. The number of hydrogen-bond acceptors (Lipinski definition) is 3. The minimum Gasteiger partial charge on any atom is -0.481 e. The zero-order valence-corrected chi connectivity index (χ0v) is 11.7. The predicted octanol–water partition coefficient (Wildman–Crippen LogP) is 2.93. The monoisotopic (exact) mass is 289 g/mol. The van der Waals surface area contributed by atoms with Crippen molar-refractivity contribution in [2.45, 2.75) is 31.7 Å². The third kappa shape index (κ3) is 2.54. The van der Waals surface area contributed by atoms with Crippen molar-refractivity contribution in [1.82, 2.24) is 4.57 Å². The Balaban J connectivity index is 2.03. The molecule has 2 heterocycles. The Kier molecular flexibility index (Phi) is 3.44. The Morgan fingerprint density at radius 1 is 1.35 bits per heavy atom. The second-order valence-corrected chi connectivity index (χ2v) is 5.97. The summed E-state index contributed by atoms with van der Waals surface area (Å²) >= 11 is 1.61. The van der Waals surface area contributed by atoms with Crippen molar-refractivity contribution in [3.63, 3.8) is 0 Å². The van der Waals surface area contributed by atoms with Gasteiger partial charge in [0.2, 0.25) is 0 Å². The third-order valence-electron chi connectivity index (χ3n) is 3.49. The van der Waals surface area contributed by atoms with Crippen molar-refractivity contribution in [2.75, 3.05) is 0 Å². The number of rotatable bonds is 5. The molecule has 1 aliphatic rings. The van der Waals surface area contributed by atoms with Gasteiger partial charge in [-0.1, -0.05) is 12.1 Å². The van der Waals surface area contributed by atoms with E-state index in [1.165, 1.54) is 0 Å². The number of nitrogens with zero attached hydrogens (tertiary/aromatic N) is 1. The molecule has 0 aliphatic heterocycles. The van der Waals surface area contributed by atoms with E-state index >= 15 is 0 Å². The van der Waals surface area contributed by atoms with Crippen LogP contribution in [0.15, 0.2) is 34.4 Å². The Labute approximate surface area is 120 Å². The molecule has 5 heteroatoms. The van der Waals surface area contributed by atoms with E-state index in [9.17, 15) is 9.59 Å². The number of hydrogen-bond donors (Lipinski definition) is 1. The SMILES string of the molecule is O=C(O)CCc1ccc(-c2cccs2)n(C2CC2)c1=O. The summed E-state index contributed by atoms with van der Waals surface area (Å²) in [5.74, 6) is -0.871. The van der Waals surface area contributed by atoms with Crippen molar-refractivity contribution >= 4 is 17.3 Å². The highest BCUT2D eigenvalue weighted by Gasteiger charge is 2.28. The summed E-state index contributed by atoms with van der Waals surface area (Å²) in [6.45, 7) is 0. The standard InChI is InChI=1S/C15H15NO3S/c17-14(18)8-4-10-3-7-12(13-2-1-9-20-13)16(15(10)19)11-5-6-11/h1-3,7,9,11H,4-6,8H2,(H,17,18). The first-order valence-electron chi connectivity index (χ1n) is 6.67. The van der Waals surface area contributed by atoms with Crippen LogP contribution in [0.25, 0.3) is 10.6 Å². The molecule has 4 nitrogen and oxygen atoms in total. The van der Waals surface area contributed by atoms with E-state index in [1.807, 2.05) is 28.1 Å². The topological polar surface area (TPSA) is 59.3 Å². The molecule has 0 atom stereocenters. The van der Waals surface area contributed by atoms with E-state index in [-0.39, 0.29) is 18.0 Å². The number of aryl methyl sites for hydroxylation is 1. The predicted molar refractivity (Wildman–Crippen MR) is 78.2 cm³/mol. The largest absolute Gasteiger partial charge is 0.481 e. The minimum atomic E-state index is -0.871. The second kappa shape index (κ2) is 5.25. The van der Waals surface area contributed by atoms with Crippen molar-refractivity contribution in [2.24, 2.45) is 0 Å². The molecule has 1 N–H and O–H groups in total. The maximum absolute atomic E-state index is 12.6. The van der Waals surface area contributed by atoms with Crippen LogP contribution in [0.2, 0.25) is 0 Å². The van der Waals surface area contributed by atoms with Crippen molar-refractivity contribution < 1.29 is 9.90 Å². The van der Waals surface area contributed by atoms with Gasteiger partial charge in [-0.2, -0.15) is 0 Å². The quantitative estimate of drug-likeness (QED) is 0.920. The van der Waals surface area contributed by atoms with Gasteiger partial charge in [-0.3, -0.25) is 9.59 Å². The molecular formula is C15H15NO3S. The Morgan fingerprint density at radius 3 is 2.75 bits per heavy atom. The smallest absolute Gasteiger partial charge is 0.303 e. The molecule has 0 radical (unpaired) electrons. The molecule has 0 amide bonds. The lowest BCUT2D eigenvalue weighted by atomic mass is 10.1. The molecule has 0 unspecified atom stereocenters. The van der Waals surface area contributed by atoms with Crippen LogP contribution in [0.4, 0.5) is 0 Å². The van der Waals surface area contributed by atoms with Crippen LogP contribution in [0, 0.1) is 0 Å². The highest BCUT2D eigenvalue weighted by Crippen LogP contribution is 2.38. The highest BCUT2D eigenvalue weighted by molar-refractivity contribution is 7.13. The molecule has 3 rings (SSSR count). The average Bonchev–Trinajstić information content (AvgIpc) is 3.11. The summed E-state index contributed by atoms with van der Waals surface area (Å²) in [6, 6.07) is 7.99. The van der Waals surface area contributed by atoms with Crippen LogP contribution in [0.1, 0.15) is 30.9 Å². The van der Waals surface area contributed by atoms with Gasteiger partial charge in [0, 0.05) is 18.0 Å². The van der Waals surface area contributed by atoms with E-state index in [1.54, 1.807) is 17.4 Å². The lowest BCUT2D eigenvalue weighted by molar-refractivity contribution is -0.136. The zero-order valence-electron chi connectivity index (χ0n) is 10.9. The highest BCUT2D eigenvalue weighted by atomic mass is 32.1. The van der Waals surface area contributed by atoms with E-state index < -0.39 is 5.97 Å². The van der Waals surface area contributed by atoms with Crippen LogP contribution in [-0.4, -0.2) is 15.6 Å². The van der Waals surface area contributed by atoms with Gasteiger partial charge >= 0.3 is 5.97 Å². The maximum Gasteiger partial charge on any atom is 0.303 e. The molecule has 1 aliphatic carbocycles. The maximum atomic E-state index is 12.6. The number of thiophene rings is 1. The summed E-state index contributed by atoms with van der Waals surface area (Å²) in [6.07, 6.45) is 2.35. The fraction of sp³-hybridized carbons (Fsp3) is 0.333. The van der Waals surface area contributed by atoms with Gasteiger partial charge in [0.05, 0.1) is 10.6 Å². The van der Waals surface area contributed by atoms with E-state index in [0.29, 0.717) is 12.0 Å². The summed E-state index contributed by atoms with van der Waals surface area (Å²) in [4.78, 5) is 24.3. The van der Waals surface area contributed by atoms with E-state index in [2.05, 4.69) is 0 Å². The van der Waals surface area contributed by atoms with Gasteiger partial charge in [0.25, 0.3) is 5.56 Å². The number of aromatic nitrogens is 1. The Bertz CT molecular complexity index is 684. The van der Waals surface area contributed by atoms with Crippen molar-refractivity contribution in [3.05, 3.63) is 45.6 Å². The molecule has 0 spiro atoms. The molecule has 1 saturated carbocycles. The van der Waals surface area contributed by atoms with Gasteiger partial charge in [0.1, 0.15) is 0 Å². The zero-order chi connectivity index (χ0) is 14.1. The third-order valence-corrected chi connectivity index (χ3v) is 4.38. The Morgan fingerprint density at radius 2 is 2.15 bits per heavy atom. The first kappa shape index (κ1) is 13.1. The minimum absolute atomic E-state index is 0.00173. The molecule has 20 heavy (non-hydrogen) atoms. The van der Waals surface area contributed by atoms with Crippen molar-refractivity contribution in [1.29, 1.82) is 0 Å². The van der Waals surface area contributed by atoms with Gasteiger partial charge in [0.15, 0.2) is 0 Å². The first-order chi connectivity index (χ1) is 9.66. The number of carboxylic acid groups (broad SMARTS) is 1. The lowest BCUT2D eigenvalue weighted by Crippen LogP contribution is -2.24. The number of carboxylic acids is 1.